The summed E-state index contributed by atoms with van der Waals surface area (Å²) in [6, 6.07) is 4.44. The van der Waals surface area contributed by atoms with Crippen LogP contribution < -0.4 is 4.74 Å². The Labute approximate surface area is 99.2 Å². The van der Waals surface area contributed by atoms with Crippen molar-refractivity contribution >= 4 is 12.0 Å². The number of rotatable bonds is 4. The van der Waals surface area contributed by atoms with Gasteiger partial charge in [0.2, 0.25) is 0 Å². The minimum Gasteiger partial charge on any atom is -0.494 e. The predicted octanol–water partition coefficient (Wildman–Crippen LogP) is 1.87. The summed E-state index contributed by atoms with van der Waals surface area (Å²) in [7, 11) is 4.27. The molecule has 0 bridgehead atoms. The van der Waals surface area contributed by atoms with Gasteiger partial charge in [0, 0.05) is 13.1 Å². The zero-order chi connectivity index (χ0) is 12.8. The molecule has 0 fully saturated rings. The SMILES string of the molecule is COc1ccc(C=CC(=O)N(C)OC)cc1F. The minimum atomic E-state index is -0.470. The van der Waals surface area contributed by atoms with Crippen LogP contribution in [0.15, 0.2) is 24.3 Å². The molecule has 1 aromatic carbocycles. The third-order valence-corrected chi connectivity index (χ3v) is 2.18. The molecule has 4 nitrogen and oxygen atoms in total. The Morgan fingerprint density at radius 1 is 1.41 bits per heavy atom. The van der Waals surface area contributed by atoms with Gasteiger partial charge in [0.05, 0.1) is 14.2 Å². The van der Waals surface area contributed by atoms with Gasteiger partial charge >= 0.3 is 0 Å². The number of carbonyl (C=O) groups is 1. The number of methoxy groups -OCH3 is 1. The molecule has 0 spiro atoms. The Kier molecular flexibility index (Phi) is 4.66. The number of carbonyl (C=O) groups excluding carboxylic acids is 1. The van der Waals surface area contributed by atoms with Gasteiger partial charge in [-0.05, 0) is 23.8 Å². The molecule has 1 aromatic rings. The summed E-state index contributed by atoms with van der Waals surface area (Å²) in [6.45, 7) is 0. The molecule has 0 heterocycles. The molecule has 0 aliphatic carbocycles. The van der Waals surface area contributed by atoms with Crippen LogP contribution >= 0.6 is 0 Å². The zero-order valence-electron chi connectivity index (χ0n) is 9.94. The number of hydrogen-bond donors (Lipinski definition) is 0. The van der Waals surface area contributed by atoms with E-state index in [0.717, 1.165) is 5.06 Å². The summed E-state index contributed by atoms with van der Waals surface area (Å²) < 4.78 is 18.1. The lowest BCUT2D eigenvalue weighted by atomic mass is 10.2. The molecule has 0 saturated carbocycles. The second-order valence-corrected chi connectivity index (χ2v) is 3.25. The topological polar surface area (TPSA) is 38.8 Å². The summed E-state index contributed by atoms with van der Waals surface area (Å²) in [5.41, 5.74) is 0.571. The molecule has 0 aliphatic rings. The summed E-state index contributed by atoms with van der Waals surface area (Å²) >= 11 is 0. The first-order chi connectivity index (χ1) is 8.08. The molecule has 0 unspecified atom stereocenters. The molecule has 1 amide bonds. The first-order valence-corrected chi connectivity index (χ1v) is 4.92. The van der Waals surface area contributed by atoms with Crippen LogP contribution in [-0.4, -0.2) is 32.2 Å². The number of likely N-dealkylation sites (N-methyl/N-ethyl adjacent to an activating group) is 1. The van der Waals surface area contributed by atoms with Crippen LogP contribution in [0, 0.1) is 5.82 Å². The molecule has 0 aliphatic heterocycles. The normalized spacial score (nSPS) is 10.6. The van der Waals surface area contributed by atoms with Gasteiger partial charge in [-0.1, -0.05) is 6.07 Å². The fourth-order valence-corrected chi connectivity index (χ4v) is 1.15. The van der Waals surface area contributed by atoms with Crippen molar-refractivity contribution in [1.29, 1.82) is 0 Å². The van der Waals surface area contributed by atoms with Gasteiger partial charge < -0.3 is 4.74 Å². The molecule has 0 N–H and O–H groups in total. The van der Waals surface area contributed by atoms with E-state index < -0.39 is 5.82 Å². The van der Waals surface area contributed by atoms with E-state index in [1.807, 2.05) is 0 Å². The molecular weight excluding hydrogens is 225 g/mol. The Balaban J connectivity index is 2.79. The van der Waals surface area contributed by atoms with E-state index in [1.165, 1.54) is 45.6 Å². The second kappa shape index (κ2) is 6.00. The molecule has 17 heavy (non-hydrogen) atoms. The van der Waals surface area contributed by atoms with Gasteiger partial charge in [-0.15, -0.1) is 0 Å². The van der Waals surface area contributed by atoms with E-state index in [2.05, 4.69) is 0 Å². The lowest BCUT2D eigenvalue weighted by molar-refractivity contribution is -0.162. The third kappa shape index (κ3) is 3.57. The lowest BCUT2D eigenvalue weighted by Gasteiger charge is -2.10. The average molecular weight is 239 g/mol. The van der Waals surface area contributed by atoms with E-state index in [9.17, 15) is 9.18 Å². The van der Waals surface area contributed by atoms with Crippen molar-refractivity contribution in [2.45, 2.75) is 0 Å². The van der Waals surface area contributed by atoms with Crippen molar-refractivity contribution in [3.05, 3.63) is 35.7 Å². The van der Waals surface area contributed by atoms with E-state index in [0.29, 0.717) is 5.56 Å². The number of hydrogen-bond acceptors (Lipinski definition) is 3. The maximum absolute atomic E-state index is 13.3. The summed E-state index contributed by atoms with van der Waals surface area (Å²) in [5, 5.41) is 1.07. The maximum Gasteiger partial charge on any atom is 0.269 e. The second-order valence-electron chi connectivity index (χ2n) is 3.25. The van der Waals surface area contributed by atoms with Crippen LogP contribution in [0.2, 0.25) is 0 Å². The van der Waals surface area contributed by atoms with Gasteiger partial charge in [0.15, 0.2) is 11.6 Å². The molecule has 5 heteroatoms. The highest BCUT2D eigenvalue weighted by atomic mass is 19.1. The highest BCUT2D eigenvalue weighted by molar-refractivity contribution is 5.90. The highest BCUT2D eigenvalue weighted by Crippen LogP contribution is 2.18. The quantitative estimate of drug-likeness (QED) is 0.594. The Morgan fingerprint density at radius 3 is 2.65 bits per heavy atom. The number of nitrogens with zero attached hydrogens (tertiary/aromatic N) is 1. The predicted molar refractivity (Wildman–Crippen MR) is 61.8 cm³/mol. The number of benzene rings is 1. The standard InChI is InChI=1S/C12H14FNO3/c1-14(17-3)12(15)7-5-9-4-6-11(16-2)10(13)8-9/h4-8H,1-3H3. The van der Waals surface area contributed by atoms with Crippen molar-refractivity contribution in [1.82, 2.24) is 5.06 Å². The number of amides is 1. The van der Waals surface area contributed by atoms with E-state index >= 15 is 0 Å². The largest absolute Gasteiger partial charge is 0.494 e. The first kappa shape index (κ1) is 13.2. The van der Waals surface area contributed by atoms with Crippen molar-refractivity contribution in [3.8, 4) is 5.75 Å². The highest BCUT2D eigenvalue weighted by Gasteiger charge is 2.04. The number of ether oxygens (including phenoxy) is 1. The van der Waals surface area contributed by atoms with E-state index in [1.54, 1.807) is 6.07 Å². The summed E-state index contributed by atoms with van der Waals surface area (Å²) in [4.78, 5) is 16.1. The van der Waals surface area contributed by atoms with Crippen LogP contribution in [0.4, 0.5) is 4.39 Å². The Morgan fingerprint density at radius 2 is 2.12 bits per heavy atom. The fourth-order valence-electron chi connectivity index (χ4n) is 1.15. The molecule has 92 valence electrons. The lowest BCUT2D eigenvalue weighted by Crippen LogP contribution is -2.22. The van der Waals surface area contributed by atoms with Crippen LogP contribution in [0.5, 0.6) is 5.75 Å². The van der Waals surface area contributed by atoms with E-state index in [4.69, 9.17) is 9.57 Å². The van der Waals surface area contributed by atoms with Crippen LogP contribution in [0.3, 0.4) is 0 Å². The smallest absolute Gasteiger partial charge is 0.269 e. The van der Waals surface area contributed by atoms with Crippen LogP contribution in [0.1, 0.15) is 5.56 Å². The van der Waals surface area contributed by atoms with Gasteiger partial charge in [0.25, 0.3) is 5.91 Å². The van der Waals surface area contributed by atoms with Crippen molar-refractivity contribution in [3.63, 3.8) is 0 Å². The van der Waals surface area contributed by atoms with Gasteiger partial charge in [-0.3, -0.25) is 9.63 Å². The third-order valence-electron chi connectivity index (χ3n) is 2.18. The number of hydroxylamine groups is 2. The minimum absolute atomic E-state index is 0.169. The van der Waals surface area contributed by atoms with Crippen molar-refractivity contribution in [2.24, 2.45) is 0 Å². The molecule has 0 aromatic heterocycles. The van der Waals surface area contributed by atoms with Crippen LogP contribution in [-0.2, 0) is 9.63 Å². The Hall–Kier alpha value is -1.88. The summed E-state index contributed by atoms with van der Waals surface area (Å²) in [5.74, 6) is -0.631. The monoisotopic (exact) mass is 239 g/mol. The van der Waals surface area contributed by atoms with Crippen molar-refractivity contribution in [2.75, 3.05) is 21.3 Å². The van der Waals surface area contributed by atoms with Gasteiger partial charge in [-0.25, -0.2) is 9.45 Å². The number of halogens is 1. The summed E-state index contributed by atoms with van der Waals surface area (Å²) in [6.07, 6.45) is 2.80. The fraction of sp³-hybridized carbons (Fsp3) is 0.250. The van der Waals surface area contributed by atoms with Crippen molar-refractivity contribution < 1.29 is 18.8 Å². The van der Waals surface area contributed by atoms with Crippen LogP contribution in [0.25, 0.3) is 6.08 Å². The molecular formula is C12H14FNO3. The molecule has 1 rings (SSSR count). The molecule has 0 radical (unpaired) electrons. The first-order valence-electron chi connectivity index (χ1n) is 4.92. The molecule has 0 atom stereocenters. The average Bonchev–Trinajstić information content (AvgIpc) is 2.35. The van der Waals surface area contributed by atoms with E-state index in [-0.39, 0.29) is 11.7 Å². The van der Waals surface area contributed by atoms with Gasteiger partial charge in [-0.2, -0.15) is 0 Å². The van der Waals surface area contributed by atoms with Gasteiger partial charge in [0.1, 0.15) is 0 Å². The maximum atomic E-state index is 13.3. The zero-order valence-corrected chi connectivity index (χ0v) is 9.94. The Bertz CT molecular complexity index is 432. The molecule has 0 saturated heterocycles.